The van der Waals surface area contributed by atoms with Gasteiger partial charge in [-0.05, 0) is 63.0 Å². The molecule has 4 rings (SSSR count). The summed E-state index contributed by atoms with van der Waals surface area (Å²) in [4.78, 5) is 47.3. The van der Waals surface area contributed by atoms with Crippen molar-refractivity contribution < 1.29 is 29.0 Å². The summed E-state index contributed by atoms with van der Waals surface area (Å²) >= 11 is 0. The number of likely N-dealkylation sites (tertiary alicyclic amines) is 2. The zero-order chi connectivity index (χ0) is 29.7. The number of nitrogens with zero attached hydrogens (tertiary/aromatic N) is 4. The number of hydrogen-bond acceptors (Lipinski definition) is 7. The van der Waals surface area contributed by atoms with Gasteiger partial charge in [0.25, 0.3) is 0 Å². The second kappa shape index (κ2) is 13.4. The fourth-order valence-corrected chi connectivity index (χ4v) is 6.57. The number of amides is 2. The monoisotopic (exact) mass is 572 g/mol. The Bertz CT molecular complexity index is 1090. The van der Waals surface area contributed by atoms with Crippen molar-refractivity contribution in [3.63, 3.8) is 0 Å². The molecule has 1 N–H and O–H groups in total. The van der Waals surface area contributed by atoms with Crippen molar-refractivity contribution in [1.82, 2.24) is 19.6 Å². The molecule has 1 aromatic rings. The number of unbranched alkanes of at least 4 members (excludes halogenated alkanes) is 1. The molecule has 2 amide bonds. The third kappa shape index (κ3) is 7.71. The van der Waals surface area contributed by atoms with Gasteiger partial charge in [0.2, 0.25) is 18.6 Å². The number of aliphatic carboxylic acids is 1. The number of benzene rings is 1. The van der Waals surface area contributed by atoms with E-state index in [4.69, 9.17) is 9.47 Å². The molecule has 0 bridgehead atoms. The van der Waals surface area contributed by atoms with Gasteiger partial charge in [-0.3, -0.25) is 19.3 Å². The summed E-state index contributed by atoms with van der Waals surface area (Å²) < 4.78 is 11.1. The molecule has 2 fully saturated rings. The molecule has 0 radical (unpaired) electrons. The quantitative estimate of drug-likeness (QED) is 0.363. The first-order valence-electron chi connectivity index (χ1n) is 15.1. The lowest BCUT2D eigenvalue weighted by Gasteiger charge is -2.31. The highest BCUT2D eigenvalue weighted by molar-refractivity contribution is 5.80. The van der Waals surface area contributed by atoms with Crippen LogP contribution in [0, 0.1) is 11.3 Å². The van der Waals surface area contributed by atoms with E-state index in [0.717, 1.165) is 31.4 Å². The molecule has 3 heterocycles. The minimum absolute atomic E-state index is 0.0380. The van der Waals surface area contributed by atoms with Crippen LogP contribution in [0.25, 0.3) is 0 Å². The van der Waals surface area contributed by atoms with Gasteiger partial charge >= 0.3 is 5.97 Å². The fraction of sp³-hybridized carbons (Fsp3) is 0.710. The SMILES string of the molecule is CCCCN(CCCN(C)C)C(=O)CN1CC(c2ccc3c(c2)OCO3)C(C(=O)O)C1CCN1CC(C)(C)CC1=O. The van der Waals surface area contributed by atoms with Gasteiger partial charge in [-0.2, -0.15) is 0 Å². The normalized spacial score (nSPS) is 23.5. The van der Waals surface area contributed by atoms with Crippen LogP contribution in [0.15, 0.2) is 18.2 Å². The molecule has 228 valence electrons. The maximum atomic E-state index is 13.7. The number of carbonyl (C=O) groups is 3. The first kappa shape index (κ1) is 31.1. The summed E-state index contributed by atoms with van der Waals surface area (Å²) in [5, 5.41) is 10.5. The van der Waals surface area contributed by atoms with E-state index in [1.165, 1.54) is 0 Å². The van der Waals surface area contributed by atoms with Gasteiger partial charge in [0.05, 0.1) is 12.5 Å². The van der Waals surface area contributed by atoms with Crippen LogP contribution in [0.4, 0.5) is 0 Å². The van der Waals surface area contributed by atoms with Gasteiger partial charge in [0.1, 0.15) is 0 Å². The second-order valence-corrected chi connectivity index (χ2v) is 12.9. The lowest BCUT2D eigenvalue weighted by atomic mass is 9.84. The molecule has 10 heteroatoms. The smallest absolute Gasteiger partial charge is 0.308 e. The van der Waals surface area contributed by atoms with Crippen LogP contribution >= 0.6 is 0 Å². The van der Waals surface area contributed by atoms with Gasteiger partial charge in [-0.15, -0.1) is 0 Å². The molecule has 0 spiro atoms. The summed E-state index contributed by atoms with van der Waals surface area (Å²) in [6.45, 7) is 10.5. The first-order valence-corrected chi connectivity index (χ1v) is 15.1. The van der Waals surface area contributed by atoms with Crippen LogP contribution in [0.1, 0.15) is 64.4 Å². The highest BCUT2D eigenvalue weighted by atomic mass is 16.7. The number of carboxylic acid groups (broad SMARTS) is 1. The number of fused-ring (bicyclic) bond motifs is 1. The van der Waals surface area contributed by atoms with Crippen molar-refractivity contribution in [2.45, 2.75) is 64.8 Å². The number of carbonyl (C=O) groups excluding carboxylic acids is 2. The van der Waals surface area contributed by atoms with Crippen LogP contribution < -0.4 is 9.47 Å². The Kier molecular flexibility index (Phi) is 10.2. The van der Waals surface area contributed by atoms with Crippen molar-refractivity contribution in [3.8, 4) is 11.5 Å². The molecule has 0 aromatic heterocycles. The minimum atomic E-state index is -0.880. The summed E-state index contributed by atoms with van der Waals surface area (Å²) in [5.41, 5.74) is 0.782. The number of rotatable bonds is 14. The fourth-order valence-electron chi connectivity index (χ4n) is 6.57. The number of hydrogen-bond donors (Lipinski definition) is 1. The number of ether oxygens (including phenoxy) is 2. The van der Waals surface area contributed by atoms with Gasteiger partial charge < -0.3 is 29.3 Å². The molecular weight excluding hydrogens is 524 g/mol. The molecule has 41 heavy (non-hydrogen) atoms. The van der Waals surface area contributed by atoms with Gasteiger partial charge in [-0.25, -0.2) is 0 Å². The zero-order valence-electron chi connectivity index (χ0n) is 25.4. The van der Waals surface area contributed by atoms with Crippen molar-refractivity contribution in [1.29, 1.82) is 0 Å². The molecule has 2 saturated heterocycles. The molecule has 1 aromatic carbocycles. The van der Waals surface area contributed by atoms with Crippen LogP contribution in [-0.4, -0.2) is 115 Å². The lowest BCUT2D eigenvalue weighted by Crippen LogP contribution is -2.46. The average Bonchev–Trinajstić information content (AvgIpc) is 3.58. The molecule has 10 nitrogen and oxygen atoms in total. The van der Waals surface area contributed by atoms with E-state index in [2.05, 4.69) is 30.6 Å². The third-order valence-corrected chi connectivity index (χ3v) is 8.66. The van der Waals surface area contributed by atoms with E-state index >= 15 is 0 Å². The summed E-state index contributed by atoms with van der Waals surface area (Å²) in [7, 11) is 4.06. The Balaban J connectivity index is 1.56. The predicted molar refractivity (Wildman–Crippen MR) is 156 cm³/mol. The van der Waals surface area contributed by atoms with Crippen LogP contribution in [-0.2, 0) is 14.4 Å². The molecular formula is C31H48N4O6. The van der Waals surface area contributed by atoms with Crippen LogP contribution in [0.2, 0.25) is 0 Å². The Morgan fingerprint density at radius 3 is 2.49 bits per heavy atom. The molecule has 3 aliphatic rings. The standard InChI is InChI=1S/C31H48N4O6/c1-6-7-13-33(14-8-12-32(4)5)28(37)19-35-18-23(22-9-10-25-26(16-22)41-21-40-25)29(30(38)39)24(35)11-15-34-20-31(2,3)17-27(34)36/h9-10,16,23-24,29H,6-8,11-15,17-21H2,1-5H3,(H,38,39). The van der Waals surface area contributed by atoms with E-state index in [9.17, 15) is 19.5 Å². The maximum Gasteiger partial charge on any atom is 0.308 e. The lowest BCUT2D eigenvalue weighted by molar-refractivity contribution is -0.144. The van der Waals surface area contributed by atoms with E-state index < -0.39 is 11.9 Å². The molecule has 3 unspecified atom stereocenters. The Morgan fingerprint density at radius 1 is 1.10 bits per heavy atom. The van der Waals surface area contributed by atoms with Crippen molar-refractivity contribution in [3.05, 3.63) is 23.8 Å². The Hall–Kier alpha value is -2.85. The zero-order valence-corrected chi connectivity index (χ0v) is 25.4. The molecule has 3 atom stereocenters. The third-order valence-electron chi connectivity index (χ3n) is 8.66. The molecule has 0 saturated carbocycles. The average molecular weight is 573 g/mol. The van der Waals surface area contributed by atoms with Crippen molar-refractivity contribution in [2.24, 2.45) is 11.3 Å². The topological polar surface area (TPSA) is 103 Å². The van der Waals surface area contributed by atoms with Gasteiger partial charge in [-0.1, -0.05) is 33.3 Å². The first-order chi connectivity index (χ1) is 19.5. The Labute approximate surface area is 244 Å². The van der Waals surface area contributed by atoms with Gasteiger partial charge in [0.15, 0.2) is 11.5 Å². The van der Waals surface area contributed by atoms with Crippen LogP contribution in [0.5, 0.6) is 11.5 Å². The highest BCUT2D eigenvalue weighted by Crippen LogP contribution is 2.43. The second-order valence-electron chi connectivity index (χ2n) is 12.9. The number of carboxylic acids is 1. The maximum absolute atomic E-state index is 13.7. The highest BCUT2D eigenvalue weighted by Gasteiger charge is 2.48. The van der Waals surface area contributed by atoms with E-state index in [0.29, 0.717) is 57.1 Å². The predicted octanol–water partition coefficient (Wildman–Crippen LogP) is 3.11. The van der Waals surface area contributed by atoms with E-state index in [1.54, 1.807) is 0 Å². The van der Waals surface area contributed by atoms with Crippen LogP contribution in [0.3, 0.4) is 0 Å². The van der Waals surface area contributed by atoms with E-state index in [-0.39, 0.29) is 42.5 Å². The summed E-state index contributed by atoms with van der Waals surface area (Å²) in [6.07, 6.45) is 3.82. The molecule has 3 aliphatic heterocycles. The van der Waals surface area contributed by atoms with Crippen molar-refractivity contribution in [2.75, 3.05) is 66.7 Å². The summed E-state index contributed by atoms with van der Waals surface area (Å²) in [5.74, 6) is -0.488. The molecule has 0 aliphatic carbocycles. The van der Waals surface area contributed by atoms with E-state index in [1.807, 2.05) is 42.1 Å². The minimum Gasteiger partial charge on any atom is -0.481 e. The Morgan fingerprint density at radius 2 is 1.83 bits per heavy atom. The largest absolute Gasteiger partial charge is 0.481 e. The van der Waals surface area contributed by atoms with Gasteiger partial charge in [0, 0.05) is 51.1 Å². The summed E-state index contributed by atoms with van der Waals surface area (Å²) in [6, 6.07) is 5.25. The van der Waals surface area contributed by atoms with Crippen molar-refractivity contribution >= 4 is 17.8 Å².